The first-order chi connectivity index (χ1) is 8.04. The fourth-order valence-electron chi connectivity index (χ4n) is 1.31. The molecule has 0 aliphatic heterocycles. The smallest absolute Gasteiger partial charge is 0.287 e. The molecule has 0 bridgehead atoms. The van der Waals surface area contributed by atoms with Crippen LogP contribution in [0.25, 0.3) is 0 Å². The third-order valence-electron chi connectivity index (χ3n) is 2.24. The number of ketones is 1. The summed E-state index contributed by atoms with van der Waals surface area (Å²) in [5.41, 5.74) is 0.972. The van der Waals surface area contributed by atoms with E-state index in [-0.39, 0.29) is 0 Å². The zero-order valence-corrected chi connectivity index (χ0v) is 10.5. The molecule has 1 aromatic rings. The zero-order chi connectivity index (χ0) is 12.8. The van der Waals surface area contributed by atoms with Crippen LogP contribution >= 0.6 is 11.6 Å². The van der Waals surface area contributed by atoms with Crippen LogP contribution in [0.15, 0.2) is 18.2 Å². The molecule has 0 saturated heterocycles. The van der Waals surface area contributed by atoms with Crippen LogP contribution in [0.4, 0.5) is 0 Å². The van der Waals surface area contributed by atoms with Crippen LogP contribution in [-0.2, 0) is 16.0 Å². The minimum absolute atomic E-state index is 0.404. The lowest BCUT2D eigenvalue weighted by molar-refractivity contribution is -0.136. The topological polar surface area (TPSA) is 55.4 Å². The summed E-state index contributed by atoms with van der Waals surface area (Å²) in [7, 11) is 1.55. The second-order valence-corrected chi connectivity index (χ2v) is 3.94. The number of methoxy groups -OCH3 is 1. The Labute approximate surface area is 105 Å². The minimum Gasteiger partial charge on any atom is -0.495 e. The predicted octanol–water partition coefficient (Wildman–Crippen LogP) is 1.60. The number of rotatable bonds is 5. The first-order valence-electron chi connectivity index (χ1n) is 5.15. The highest BCUT2D eigenvalue weighted by Crippen LogP contribution is 2.24. The van der Waals surface area contributed by atoms with Crippen molar-refractivity contribution in [3.63, 3.8) is 0 Å². The van der Waals surface area contributed by atoms with E-state index in [9.17, 15) is 9.59 Å². The van der Waals surface area contributed by atoms with Crippen molar-refractivity contribution in [2.75, 3.05) is 13.7 Å². The lowest BCUT2D eigenvalue weighted by atomic mass is 10.1. The number of ether oxygens (including phenoxy) is 1. The molecule has 0 aliphatic carbocycles. The summed E-state index contributed by atoms with van der Waals surface area (Å²) in [5.74, 6) is -0.439. The normalized spacial score (nSPS) is 9.82. The van der Waals surface area contributed by atoms with E-state index in [4.69, 9.17) is 16.3 Å². The average Bonchev–Trinajstić information content (AvgIpc) is 2.29. The number of amides is 1. The Bertz CT molecular complexity index is 432. The molecule has 4 nitrogen and oxygen atoms in total. The molecule has 92 valence electrons. The summed E-state index contributed by atoms with van der Waals surface area (Å²) in [5, 5.41) is 3.05. The Hall–Kier alpha value is -1.55. The van der Waals surface area contributed by atoms with Crippen molar-refractivity contribution in [2.24, 2.45) is 0 Å². The molecule has 17 heavy (non-hydrogen) atoms. The van der Waals surface area contributed by atoms with Crippen molar-refractivity contribution in [1.82, 2.24) is 5.32 Å². The number of carbonyl (C=O) groups excluding carboxylic acids is 2. The molecule has 1 amide bonds. The molecule has 0 radical (unpaired) electrons. The highest BCUT2D eigenvalue weighted by atomic mass is 35.5. The van der Waals surface area contributed by atoms with Gasteiger partial charge in [-0.05, 0) is 24.1 Å². The number of carbonyl (C=O) groups is 2. The number of hydrogen-bond acceptors (Lipinski definition) is 3. The summed E-state index contributed by atoms with van der Waals surface area (Å²) in [4.78, 5) is 21.7. The van der Waals surface area contributed by atoms with E-state index in [1.54, 1.807) is 19.2 Å². The first-order valence-corrected chi connectivity index (χ1v) is 5.53. The third kappa shape index (κ3) is 4.07. The van der Waals surface area contributed by atoms with E-state index >= 15 is 0 Å². The quantitative estimate of drug-likeness (QED) is 0.813. The van der Waals surface area contributed by atoms with Crippen LogP contribution in [0.2, 0.25) is 5.02 Å². The molecule has 1 aromatic carbocycles. The Kier molecular flexibility index (Phi) is 4.97. The number of halogens is 1. The lowest BCUT2D eigenvalue weighted by Crippen LogP contribution is -2.30. The van der Waals surface area contributed by atoms with Gasteiger partial charge in [-0.25, -0.2) is 0 Å². The summed E-state index contributed by atoms with van der Waals surface area (Å²) in [6, 6.07) is 5.41. The Morgan fingerprint density at radius 3 is 2.65 bits per heavy atom. The zero-order valence-electron chi connectivity index (χ0n) is 9.75. The van der Waals surface area contributed by atoms with Gasteiger partial charge in [-0.15, -0.1) is 0 Å². The molecule has 1 N–H and O–H groups in total. The van der Waals surface area contributed by atoms with Gasteiger partial charge in [0.2, 0.25) is 5.78 Å². The van der Waals surface area contributed by atoms with Crippen LogP contribution in [0.1, 0.15) is 12.5 Å². The van der Waals surface area contributed by atoms with Gasteiger partial charge < -0.3 is 10.1 Å². The van der Waals surface area contributed by atoms with Gasteiger partial charge in [0, 0.05) is 13.5 Å². The first kappa shape index (κ1) is 13.5. The van der Waals surface area contributed by atoms with Crippen LogP contribution in [0.5, 0.6) is 5.75 Å². The highest BCUT2D eigenvalue weighted by molar-refractivity contribution is 6.35. The molecular formula is C12H14ClNO3. The highest BCUT2D eigenvalue weighted by Gasteiger charge is 2.06. The minimum atomic E-state index is -0.565. The maximum Gasteiger partial charge on any atom is 0.287 e. The fourth-order valence-corrected chi connectivity index (χ4v) is 1.59. The Morgan fingerprint density at radius 2 is 2.12 bits per heavy atom. The van der Waals surface area contributed by atoms with E-state index in [0.717, 1.165) is 5.56 Å². The average molecular weight is 256 g/mol. The molecule has 0 saturated carbocycles. The van der Waals surface area contributed by atoms with E-state index in [1.165, 1.54) is 6.92 Å². The standard InChI is InChI=1S/C12H14ClNO3/c1-8(15)12(16)14-6-5-9-3-4-11(17-2)10(13)7-9/h3-4,7H,5-6H2,1-2H3,(H,14,16). The van der Waals surface area contributed by atoms with Gasteiger partial charge in [-0.1, -0.05) is 17.7 Å². The van der Waals surface area contributed by atoms with Crippen molar-refractivity contribution in [3.8, 4) is 5.75 Å². The SMILES string of the molecule is COc1ccc(CCNC(=O)C(C)=O)cc1Cl. The van der Waals surface area contributed by atoms with Gasteiger partial charge >= 0.3 is 0 Å². The summed E-state index contributed by atoms with van der Waals surface area (Å²) in [6.07, 6.45) is 0.614. The van der Waals surface area contributed by atoms with E-state index in [1.807, 2.05) is 6.07 Å². The maximum atomic E-state index is 11.0. The predicted molar refractivity (Wildman–Crippen MR) is 65.4 cm³/mol. The second-order valence-electron chi connectivity index (χ2n) is 3.53. The van der Waals surface area contributed by atoms with Gasteiger partial charge in [0.15, 0.2) is 0 Å². The number of benzene rings is 1. The summed E-state index contributed by atoms with van der Waals surface area (Å²) in [6.45, 7) is 1.64. The van der Waals surface area contributed by atoms with Gasteiger partial charge in [-0.3, -0.25) is 9.59 Å². The van der Waals surface area contributed by atoms with Crippen molar-refractivity contribution in [2.45, 2.75) is 13.3 Å². The van der Waals surface area contributed by atoms with E-state index < -0.39 is 11.7 Å². The van der Waals surface area contributed by atoms with Crippen LogP contribution < -0.4 is 10.1 Å². The number of nitrogens with one attached hydrogen (secondary N) is 1. The Morgan fingerprint density at radius 1 is 1.41 bits per heavy atom. The van der Waals surface area contributed by atoms with Crippen molar-refractivity contribution >= 4 is 23.3 Å². The molecule has 5 heteroatoms. The van der Waals surface area contributed by atoms with E-state index in [2.05, 4.69) is 5.32 Å². The molecule has 0 aliphatic rings. The molecule has 1 rings (SSSR count). The number of Topliss-reactive ketones (excluding diaryl/α,β-unsaturated/α-hetero) is 1. The van der Waals surface area contributed by atoms with E-state index in [0.29, 0.717) is 23.7 Å². The van der Waals surface area contributed by atoms with Gasteiger partial charge in [0.1, 0.15) is 5.75 Å². The molecule has 0 fully saturated rings. The second kappa shape index (κ2) is 6.25. The maximum absolute atomic E-state index is 11.0. The monoisotopic (exact) mass is 255 g/mol. The van der Waals surface area contributed by atoms with Gasteiger partial charge in [-0.2, -0.15) is 0 Å². The molecule has 0 spiro atoms. The Balaban J connectivity index is 2.50. The molecular weight excluding hydrogens is 242 g/mol. The summed E-state index contributed by atoms with van der Waals surface area (Å²) < 4.78 is 5.03. The van der Waals surface area contributed by atoms with Gasteiger partial charge in [0.25, 0.3) is 5.91 Å². The largest absolute Gasteiger partial charge is 0.495 e. The third-order valence-corrected chi connectivity index (χ3v) is 2.53. The molecule has 0 heterocycles. The van der Waals surface area contributed by atoms with Gasteiger partial charge in [0.05, 0.1) is 12.1 Å². The van der Waals surface area contributed by atoms with Crippen LogP contribution in [0.3, 0.4) is 0 Å². The molecule has 0 aromatic heterocycles. The van der Waals surface area contributed by atoms with Crippen molar-refractivity contribution in [3.05, 3.63) is 28.8 Å². The fraction of sp³-hybridized carbons (Fsp3) is 0.333. The lowest BCUT2D eigenvalue weighted by Gasteiger charge is -2.06. The molecule has 0 atom stereocenters. The summed E-state index contributed by atoms with van der Waals surface area (Å²) >= 11 is 5.95. The van der Waals surface area contributed by atoms with Crippen molar-refractivity contribution < 1.29 is 14.3 Å². The van der Waals surface area contributed by atoms with Crippen LogP contribution in [0, 0.1) is 0 Å². The van der Waals surface area contributed by atoms with Crippen LogP contribution in [-0.4, -0.2) is 25.3 Å². The molecule has 0 unspecified atom stereocenters. The van der Waals surface area contributed by atoms with Crippen molar-refractivity contribution in [1.29, 1.82) is 0 Å². The number of hydrogen-bond donors (Lipinski definition) is 1.